The van der Waals surface area contributed by atoms with E-state index in [0.29, 0.717) is 0 Å². The van der Waals surface area contributed by atoms with Crippen molar-refractivity contribution >= 4 is 16.5 Å². The van der Waals surface area contributed by atoms with E-state index in [1.165, 1.54) is 12.8 Å². The zero-order chi connectivity index (χ0) is 11.4. The third-order valence-corrected chi connectivity index (χ3v) is 8.66. The molecule has 86 valence electrons. The van der Waals surface area contributed by atoms with Crippen molar-refractivity contribution in [2.75, 3.05) is 6.61 Å². The molecule has 0 amide bonds. The maximum Gasteiger partial charge on any atom is 0.141 e. The number of hydrogen-bond donors (Lipinski definition) is 0. The van der Waals surface area contributed by atoms with Crippen LogP contribution in [0.25, 0.3) is 0 Å². The lowest BCUT2D eigenvalue weighted by Crippen LogP contribution is -2.58. The predicted octanol–water partition coefficient (Wildman–Crippen LogP) is 3.69. The van der Waals surface area contributed by atoms with Gasteiger partial charge in [-0.15, -0.1) is 0 Å². The Hall–Kier alpha value is 0.354. The van der Waals surface area contributed by atoms with E-state index in [9.17, 15) is 0 Å². The van der Waals surface area contributed by atoms with Crippen molar-refractivity contribution in [3.8, 4) is 0 Å². The molecule has 2 nitrogen and oxygen atoms in total. The lowest BCUT2D eigenvalue weighted by molar-refractivity contribution is -0.0369. The second-order valence-corrected chi connectivity index (χ2v) is 15.8. The SMILES string of the molecule is CCCCON([Si](C)(C)C)[Si](C)(C)C. The van der Waals surface area contributed by atoms with Gasteiger partial charge in [0.15, 0.2) is 0 Å². The van der Waals surface area contributed by atoms with Gasteiger partial charge in [-0.1, -0.05) is 52.6 Å². The van der Waals surface area contributed by atoms with Gasteiger partial charge in [0.05, 0.1) is 6.61 Å². The predicted molar refractivity (Wildman–Crippen MR) is 69.4 cm³/mol. The average Bonchev–Trinajstić information content (AvgIpc) is 1.92. The zero-order valence-electron chi connectivity index (χ0n) is 11.0. The van der Waals surface area contributed by atoms with Crippen LogP contribution >= 0.6 is 0 Å². The summed E-state index contributed by atoms with van der Waals surface area (Å²) >= 11 is 0. The topological polar surface area (TPSA) is 12.5 Å². The van der Waals surface area contributed by atoms with Gasteiger partial charge in [-0.25, -0.2) is 4.39 Å². The third kappa shape index (κ3) is 5.29. The summed E-state index contributed by atoms with van der Waals surface area (Å²) in [5, 5.41) is 0. The van der Waals surface area contributed by atoms with Crippen LogP contribution in [0.5, 0.6) is 0 Å². The van der Waals surface area contributed by atoms with Crippen molar-refractivity contribution in [2.45, 2.75) is 59.0 Å². The highest BCUT2D eigenvalue weighted by Gasteiger charge is 2.35. The smallest absolute Gasteiger partial charge is 0.141 e. The molecule has 4 heteroatoms. The van der Waals surface area contributed by atoms with Gasteiger partial charge in [-0.05, 0) is 6.42 Å². The molecule has 0 atom stereocenters. The molecule has 0 aromatic carbocycles. The minimum atomic E-state index is -1.30. The van der Waals surface area contributed by atoms with Gasteiger partial charge < -0.3 is 4.84 Å². The highest BCUT2D eigenvalue weighted by molar-refractivity contribution is 6.88. The molecule has 0 unspecified atom stereocenters. The molecule has 0 heterocycles. The van der Waals surface area contributed by atoms with Crippen molar-refractivity contribution in [2.24, 2.45) is 0 Å². The summed E-state index contributed by atoms with van der Waals surface area (Å²) in [5.41, 5.74) is 0. The first-order valence-corrected chi connectivity index (χ1v) is 12.5. The number of unbranched alkanes of at least 4 members (excludes halogenated alkanes) is 1. The Bertz CT molecular complexity index is 146. The third-order valence-electron chi connectivity index (χ3n) is 1.94. The second-order valence-electron chi connectivity index (χ2n) is 5.82. The Morgan fingerprint density at radius 2 is 1.36 bits per heavy atom. The van der Waals surface area contributed by atoms with Gasteiger partial charge in [0.25, 0.3) is 0 Å². The number of nitrogens with zero attached hydrogens (tertiary/aromatic N) is 1. The summed E-state index contributed by atoms with van der Waals surface area (Å²) in [6.07, 6.45) is 2.39. The molecule has 0 aliphatic heterocycles. The zero-order valence-corrected chi connectivity index (χ0v) is 13.0. The standard InChI is InChI=1S/C10H27NOSi2/c1-8-9-10-12-11(13(2,3)4)14(5,6)7/h8-10H2,1-7H3. The molecule has 0 N–H and O–H groups in total. The van der Waals surface area contributed by atoms with E-state index in [2.05, 4.69) is 50.6 Å². The molecule has 0 radical (unpaired) electrons. The molecule has 14 heavy (non-hydrogen) atoms. The van der Waals surface area contributed by atoms with Crippen LogP contribution in [0, 0.1) is 0 Å². The van der Waals surface area contributed by atoms with Crippen LogP contribution in [0.15, 0.2) is 0 Å². The Morgan fingerprint density at radius 1 is 0.929 bits per heavy atom. The van der Waals surface area contributed by atoms with E-state index in [0.717, 1.165) is 6.61 Å². The Morgan fingerprint density at radius 3 is 1.64 bits per heavy atom. The number of rotatable bonds is 6. The van der Waals surface area contributed by atoms with Crippen molar-refractivity contribution < 1.29 is 4.84 Å². The van der Waals surface area contributed by atoms with Gasteiger partial charge in [0, 0.05) is 0 Å². The molecule has 0 bridgehead atoms. The monoisotopic (exact) mass is 233 g/mol. The van der Waals surface area contributed by atoms with E-state index in [1.807, 2.05) is 0 Å². The Balaban J connectivity index is 4.28. The van der Waals surface area contributed by atoms with Crippen LogP contribution in [0.4, 0.5) is 0 Å². The lowest BCUT2D eigenvalue weighted by Gasteiger charge is -2.42. The van der Waals surface area contributed by atoms with Crippen molar-refractivity contribution in [3.63, 3.8) is 0 Å². The normalized spacial score (nSPS) is 13.7. The fraction of sp³-hybridized carbons (Fsp3) is 1.00. The lowest BCUT2D eigenvalue weighted by atomic mass is 10.4. The first-order chi connectivity index (χ1) is 6.19. The summed E-state index contributed by atoms with van der Waals surface area (Å²) in [6.45, 7) is 17.2. The fourth-order valence-electron chi connectivity index (χ4n) is 1.69. The van der Waals surface area contributed by atoms with Crippen LogP contribution in [-0.4, -0.2) is 27.5 Å². The van der Waals surface area contributed by atoms with E-state index >= 15 is 0 Å². The average molecular weight is 234 g/mol. The molecule has 0 saturated carbocycles. The van der Waals surface area contributed by atoms with Crippen molar-refractivity contribution in [1.82, 2.24) is 4.39 Å². The van der Waals surface area contributed by atoms with E-state index < -0.39 is 16.5 Å². The van der Waals surface area contributed by atoms with Crippen molar-refractivity contribution in [1.29, 1.82) is 0 Å². The molecule has 0 aliphatic carbocycles. The van der Waals surface area contributed by atoms with E-state index in [-0.39, 0.29) is 0 Å². The van der Waals surface area contributed by atoms with Gasteiger partial charge in [-0.3, -0.25) is 0 Å². The van der Waals surface area contributed by atoms with Crippen LogP contribution < -0.4 is 0 Å². The summed E-state index contributed by atoms with van der Waals surface area (Å²) in [6, 6.07) is 0. The minimum absolute atomic E-state index is 0.894. The Kier molecular flexibility index (Phi) is 5.58. The molecule has 0 spiro atoms. The van der Waals surface area contributed by atoms with Gasteiger partial charge >= 0.3 is 0 Å². The largest absolute Gasteiger partial charge is 0.313 e. The summed E-state index contributed by atoms with van der Waals surface area (Å²) in [7, 11) is -2.60. The summed E-state index contributed by atoms with van der Waals surface area (Å²) in [4.78, 5) is 5.97. The van der Waals surface area contributed by atoms with Crippen molar-refractivity contribution in [3.05, 3.63) is 0 Å². The molecular weight excluding hydrogens is 206 g/mol. The molecule has 0 rings (SSSR count). The summed E-state index contributed by atoms with van der Waals surface area (Å²) < 4.78 is 2.38. The van der Waals surface area contributed by atoms with Crippen LogP contribution in [0.1, 0.15) is 19.8 Å². The molecule has 0 aromatic rings. The minimum Gasteiger partial charge on any atom is -0.313 e. The van der Waals surface area contributed by atoms with Crippen LogP contribution in [0.3, 0.4) is 0 Å². The van der Waals surface area contributed by atoms with Crippen LogP contribution in [0.2, 0.25) is 39.3 Å². The first kappa shape index (κ1) is 14.4. The molecule has 0 aromatic heterocycles. The quantitative estimate of drug-likeness (QED) is 0.394. The maximum absolute atomic E-state index is 5.97. The van der Waals surface area contributed by atoms with Crippen LogP contribution in [-0.2, 0) is 4.84 Å². The summed E-state index contributed by atoms with van der Waals surface area (Å²) in [5.74, 6) is 0. The van der Waals surface area contributed by atoms with E-state index in [4.69, 9.17) is 4.84 Å². The fourth-order valence-corrected chi connectivity index (χ4v) is 10.7. The maximum atomic E-state index is 5.97. The molecular formula is C10H27NOSi2. The molecule has 0 fully saturated rings. The Labute approximate surface area is 91.8 Å². The van der Waals surface area contributed by atoms with E-state index in [1.54, 1.807) is 0 Å². The first-order valence-electron chi connectivity index (χ1n) is 5.63. The molecule has 0 saturated heterocycles. The van der Waals surface area contributed by atoms with Gasteiger partial charge in [-0.2, -0.15) is 0 Å². The highest BCUT2D eigenvalue weighted by atomic mass is 28.4. The molecule has 0 aliphatic rings. The second kappa shape index (κ2) is 5.44. The highest BCUT2D eigenvalue weighted by Crippen LogP contribution is 2.20. The number of hydrogen-bond acceptors (Lipinski definition) is 2. The van der Waals surface area contributed by atoms with Gasteiger partial charge in [0.1, 0.15) is 16.5 Å². The van der Waals surface area contributed by atoms with Gasteiger partial charge in [0.2, 0.25) is 0 Å².